The molecule has 1 unspecified atom stereocenters. The van der Waals surface area contributed by atoms with Gasteiger partial charge in [-0.1, -0.05) is 30.3 Å². The molecule has 1 aliphatic rings. The third-order valence-corrected chi connectivity index (χ3v) is 6.29. The zero-order chi connectivity index (χ0) is 19.2. The minimum Gasteiger partial charge on any atom is -0.481 e. The van der Waals surface area contributed by atoms with Crippen LogP contribution in [0.5, 0.6) is 0 Å². The summed E-state index contributed by atoms with van der Waals surface area (Å²) >= 11 is 0. The van der Waals surface area contributed by atoms with E-state index in [4.69, 9.17) is 4.74 Å². The van der Waals surface area contributed by atoms with Gasteiger partial charge in [-0.25, -0.2) is 8.42 Å². The molecule has 0 aromatic heterocycles. The van der Waals surface area contributed by atoms with Crippen molar-refractivity contribution < 1.29 is 27.9 Å². The summed E-state index contributed by atoms with van der Waals surface area (Å²) in [5, 5.41) is 9.42. The van der Waals surface area contributed by atoms with Gasteiger partial charge in [0.1, 0.15) is 11.2 Å². The molecule has 0 saturated carbocycles. The van der Waals surface area contributed by atoms with Crippen molar-refractivity contribution >= 4 is 21.7 Å². The van der Waals surface area contributed by atoms with Crippen LogP contribution in [0.25, 0.3) is 0 Å². The van der Waals surface area contributed by atoms with E-state index in [1.165, 1.54) is 12.0 Å². The van der Waals surface area contributed by atoms with Crippen molar-refractivity contribution in [2.24, 2.45) is 5.41 Å². The van der Waals surface area contributed by atoms with E-state index in [0.29, 0.717) is 12.8 Å². The van der Waals surface area contributed by atoms with Crippen molar-refractivity contribution in [1.82, 2.24) is 4.90 Å². The summed E-state index contributed by atoms with van der Waals surface area (Å²) in [4.78, 5) is 25.1. The number of ether oxygens (including phenoxy) is 1. The third-order valence-electron chi connectivity index (χ3n) is 4.69. The van der Waals surface area contributed by atoms with Gasteiger partial charge < -0.3 is 14.7 Å². The lowest BCUT2D eigenvalue weighted by atomic mass is 9.88. The Morgan fingerprint density at radius 3 is 2.58 bits per heavy atom. The number of hydrogen-bond acceptors (Lipinski definition) is 5. The van der Waals surface area contributed by atoms with Crippen molar-refractivity contribution in [3.05, 3.63) is 35.9 Å². The summed E-state index contributed by atoms with van der Waals surface area (Å²) in [6.45, 7) is 0.207. The van der Waals surface area contributed by atoms with E-state index in [1.807, 2.05) is 30.3 Å². The predicted molar refractivity (Wildman–Crippen MR) is 96.6 cm³/mol. The average molecular weight is 383 g/mol. The van der Waals surface area contributed by atoms with E-state index in [1.54, 1.807) is 0 Å². The second-order valence-electron chi connectivity index (χ2n) is 6.76. The van der Waals surface area contributed by atoms with Crippen LogP contribution >= 0.6 is 0 Å². The minimum absolute atomic E-state index is 0.00403. The molecule has 1 aromatic carbocycles. The molecule has 1 fully saturated rings. The number of benzene rings is 1. The number of amides is 1. The number of likely N-dealkylation sites (tertiary alicyclic amines) is 1. The largest absolute Gasteiger partial charge is 0.481 e. The summed E-state index contributed by atoms with van der Waals surface area (Å²) in [6, 6.07) is 9.56. The molecular weight excluding hydrogens is 358 g/mol. The van der Waals surface area contributed by atoms with Crippen LogP contribution in [0.4, 0.5) is 0 Å². The molecule has 26 heavy (non-hydrogen) atoms. The van der Waals surface area contributed by atoms with Crippen LogP contribution in [0.2, 0.25) is 0 Å². The lowest BCUT2D eigenvalue weighted by Crippen LogP contribution is -2.41. The Hall–Kier alpha value is -1.93. The first-order valence-corrected chi connectivity index (χ1v) is 10.3. The Kier molecular flexibility index (Phi) is 6.77. The van der Waals surface area contributed by atoms with Gasteiger partial charge in [-0.3, -0.25) is 9.59 Å². The number of aryl methyl sites for hydroxylation is 1. The van der Waals surface area contributed by atoms with Gasteiger partial charge in [-0.05, 0) is 24.8 Å². The number of carbonyl (C=O) groups excluding carboxylic acids is 1. The quantitative estimate of drug-likeness (QED) is 0.682. The zero-order valence-corrected chi connectivity index (χ0v) is 15.7. The zero-order valence-electron chi connectivity index (χ0n) is 14.9. The van der Waals surface area contributed by atoms with E-state index in [9.17, 15) is 23.1 Å². The van der Waals surface area contributed by atoms with E-state index in [2.05, 4.69) is 0 Å². The van der Waals surface area contributed by atoms with Crippen LogP contribution in [-0.4, -0.2) is 68.6 Å². The van der Waals surface area contributed by atoms with Gasteiger partial charge in [-0.2, -0.15) is 0 Å². The molecule has 1 aromatic rings. The maximum absolute atomic E-state index is 12.3. The highest BCUT2D eigenvalue weighted by atomic mass is 32.2. The lowest BCUT2D eigenvalue weighted by molar-refractivity contribution is -0.151. The molecule has 0 spiro atoms. The smallest absolute Gasteiger partial charge is 0.313 e. The fraction of sp³-hybridized carbons (Fsp3) is 0.556. The Bertz CT molecular complexity index is 733. The first-order valence-electron chi connectivity index (χ1n) is 8.52. The molecule has 8 heteroatoms. The van der Waals surface area contributed by atoms with Crippen molar-refractivity contribution in [2.75, 3.05) is 38.3 Å². The molecule has 2 rings (SSSR count). The first kappa shape index (κ1) is 20.4. The Morgan fingerprint density at radius 2 is 1.96 bits per heavy atom. The Morgan fingerprint density at radius 1 is 1.27 bits per heavy atom. The number of carbonyl (C=O) groups is 2. The predicted octanol–water partition coefficient (Wildman–Crippen LogP) is 0.984. The molecular formula is C18H25NO6S. The topological polar surface area (TPSA) is 101 Å². The summed E-state index contributed by atoms with van der Waals surface area (Å²) in [6.07, 6.45) is 1.34. The number of rotatable bonds is 9. The highest BCUT2D eigenvalue weighted by Crippen LogP contribution is 2.31. The monoisotopic (exact) mass is 383 g/mol. The SMILES string of the molecule is COCC1(C(=O)O)CCN(C(=O)CS(=O)(=O)CCCc2ccccc2)C1. The van der Waals surface area contributed by atoms with Crippen molar-refractivity contribution in [3.63, 3.8) is 0 Å². The molecule has 0 aliphatic carbocycles. The standard InChI is InChI=1S/C18H25NO6S/c1-25-14-18(17(21)22)9-10-19(13-18)16(20)12-26(23,24)11-5-8-15-6-3-2-4-7-15/h2-4,6-7H,5,8-14H2,1H3,(H,21,22). The molecule has 0 radical (unpaired) electrons. The fourth-order valence-electron chi connectivity index (χ4n) is 3.21. The van der Waals surface area contributed by atoms with Gasteiger partial charge in [0.15, 0.2) is 9.84 Å². The molecule has 1 saturated heterocycles. The second-order valence-corrected chi connectivity index (χ2v) is 8.95. The number of sulfone groups is 1. The molecule has 0 bridgehead atoms. The van der Waals surface area contributed by atoms with Crippen LogP contribution in [0.15, 0.2) is 30.3 Å². The lowest BCUT2D eigenvalue weighted by Gasteiger charge is -2.23. The van der Waals surface area contributed by atoms with E-state index in [-0.39, 0.29) is 31.9 Å². The van der Waals surface area contributed by atoms with Gasteiger partial charge in [-0.15, -0.1) is 0 Å². The normalized spacial score (nSPS) is 20.3. The van der Waals surface area contributed by atoms with Crippen molar-refractivity contribution in [3.8, 4) is 0 Å². The van der Waals surface area contributed by atoms with Gasteiger partial charge in [0, 0.05) is 20.2 Å². The fourth-order valence-corrected chi connectivity index (χ4v) is 4.50. The first-order chi connectivity index (χ1) is 12.3. The van der Waals surface area contributed by atoms with Crippen LogP contribution in [0, 0.1) is 5.41 Å². The van der Waals surface area contributed by atoms with Crippen LogP contribution in [0.1, 0.15) is 18.4 Å². The Balaban J connectivity index is 1.87. The second kappa shape index (κ2) is 8.64. The average Bonchev–Trinajstić information content (AvgIpc) is 3.01. The number of methoxy groups -OCH3 is 1. The number of hydrogen-bond donors (Lipinski definition) is 1. The maximum Gasteiger partial charge on any atom is 0.313 e. The van der Waals surface area contributed by atoms with Crippen LogP contribution in [-0.2, 0) is 30.6 Å². The summed E-state index contributed by atoms with van der Waals surface area (Å²) in [7, 11) is -2.12. The summed E-state index contributed by atoms with van der Waals surface area (Å²) in [5.74, 6) is -2.21. The number of aliphatic carboxylic acids is 1. The summed E-state index contributed by atoms with van der Waals surface area (Å²) in [5.41, 5.74) is -0.0963. The third kappa shape index (κ3) is 5.28. The summed E-state index contributed by atoms with van der Waals surface area (Å²) < 4.78 is 29.4. The minimum atomic E-state index is -3.53. The van der Waals surface area contributed by atoms with E-state index in [0.717, 1.165) is 5.56 Å². The van der Waals surface area contributed by atoms with Gasteiger partial charge >= 0.3 is 5.97 Å². The maximum atomic E-state index is 12.3. The van der Waals surface area contributed by atoms with E-state index >= 15 is 0 Å². The van der Waals surface area contributed by atoms with Gasteiger partial charge in [0.2, 0.25) is 5.91 Å². The molecule has 1 N–H and O–H groups in total. The van der Waals surface area contributed by atoms with Crippen molar-refractivity contribution in [1.29, 1.82) is 0 Å². The number of carboxylic acid groups (broad SMARTS) is 1. The van der Waals surface area contributed by atoms with Gasteiger partial charge in [0.05, 0.1) is 12.4 Å². The van der Waals surface area contributed by atoms with Gasteiger partial charge in [0.25, 0.3) is 0 Å². The Labute approximate surface area is 153 Å². The highest BCUT2D eigenvalue weighted by Gasteiger charge is 2.46. The molecule has 1 atom stereocenters. The number of nitrogens with zero attached hydrogens (tertiary/aromatic N) is 1. The van der Waals surface area contributed by atoms with Crippen LogP contribution < -0.4 is 0 Å². The highest BCUT2D eigenvalue weighted by molar-refractivity contribution is 7.92. The number of carboxylic acids is 1. The molecule has 1 aliphatic heterocycles. The molecule has 7 nitrogen and oxygen atoms in total. The van der Waals surface area contributed by atoms with Crippen LogP contribution in [0.3, 0.4) is 0 Å². The van der Waals surface area contributed by atoms with Crippen molar-refractivity contribution in [2.45, 2.75) is 19.3 Å². The van der Waals surface area contributed by atoms with E-state index < -0.39 is 32.9 Å². The molecule has 1 heterocycles. The molecule has 1 amide bonds. The molecule has 144 valence electrons.